The predicted molar refractivity (Wildman–Crippen MR) is 89.9 cm³/mol. The monoisotopic (exact) mass is 369 g/mol. The Morgan fingerprint density at radius 2 is 2.00 bits per heavy atom. The fourth-order valence-corrected chi connectivity index (χ4v) is 2.54. The van der Waals surface area contributed by atoms with Gasteiger partial charge in [0.1, 0.15) is 6.04 Å². The van der Waals surface area contributed by atoms with E-state index in [4.69, 9.17) is 0 Å². The van der Waals surface area contributed by atoms with Gasteiger partial charge in [-0.1, -0.05) is 29.3 Å². The van der Waals surface area contributed by atoms with Crippen LogP contribution in [-0.4, -0.2) is 38.9 Å². The van der Waals surface area contributed by atoms with Gasteiger partial charge in [-0.2, -0.15) is 0 Å². The van der Waals surface area contributed by atoms with Gasteiger partial charge < -0.3 is 9.80 Å². The second kappa shape index (κ2) is 8.53. The molecule has 0 heterocycles. The number of nitrogens with zero attached hydrogens (tertiary/aromatic N) is 2. The van der Waals surface area contributed by atoms with Gasteiger partial charge in [0.25, 0.3) is 0 Å². The van der Waals surface area contributed by atoms with Crippen molar-refractivity contribution in [2.75, 3.05) is 23.9 Å². The van der Waals surface area contributed by atoms with Crippen LogP contribution >= 0.6 is 15.9 Å². The molecule has 0 spiro atoms. The molecule has 3 amide bonds. The molecule has 1 unspecified atom stereocenters. The van der Waals surface area contributed by atoms with Crippen LogP contribution in [0.4, 0.5) is 11.4 Å². The van der Waals surface area contributed by atoms with Gasteiger partial charge in [-0.3, -0.25) is 19.7 Å². The van der Waals surface area contributed by atoms with E-state index in [1.54, 1.807) is 12.1 Å². The summed E-state index contributed by atoms with van der Waals surface area (Å²) in [6, 6.07) is 4.71. The van der Waals surface area contributed by atoms with Crippen molar-refractivity contribution in [3.63, 3.8) is 0 Å². The minimum absolute atomic E-state index is 0.336. The molecule has 0 saturated heterocycles. The maximum Gasteiger partial charge on any atom is 0.249 e. The summed E-state index contributed by atoms with van der Waals surface area (Å²) >= 11 is 3.40. The van der Waals surface area contributed by atoms with Gasteiger partial charge in [0.15, 0.2) is 0 Å². The summed E-state index contributed by atoms with van der Waals surface area (Å²) in [5.74, 6) is -0.489. The van der Waals surface area contributed by atoms with Crippen molar-refractivity contribution in [3.05, 3.63) is 22.7 Å². The van der Waals surface area contributed by atoms with Gasteiger partial charge in [-0.05, 0) is 24.6 Å². The number of hydrogen-bond acceptors (Lipinski definition) is 4. The molecule has 1 aromatic rings. The third-order valence-corrected chi connectivity index (χ3v) is 3.71. The van der Waals surface area contributed by atoms with Crippen LogP contribution in [-0.2, 0) is 14.4 Å². The molecule has 0 bridgehead atoms. The van der Waals surface area contributed by atoms with E-state index in [0.29, 0.717) is 31.3 Å². The van der Waals surface area contributed by atoms with Crippen LogP contribution in [0.5, 0.6) is 0 Å². The number of nitrogens with one attached hydrogen (secondary N) is 1. The first-order valence-electron chi connectivity index (χ1n) is 6.90. The van der Waals surface area contributed by atoms with Crippen molar-refractivity contribution in [3.8, 4) is 0 Å². The Kier molecular flexibility index (Phi) is 7.04. The van der Waals surface area contributed by atoms with Gasteiger partial charge in [0.05, 0.1) is 11.4 Å². The predicted octanol–water partition coefficient (Wildman–Crippen LogP) is 1.92. The number of amides is 3. The second-order valence-corrected chi connectivity index (χ2v) is 5.89. The lowest BCUT2D eigenvalue weighted by Gasteiger charge is -2.30. The SMILES string of the molecule is CCCC(C(=O)NC=O)N(C=O)c1ccc(Br)cc1N(C)C. The smallest absolute Gasteiger partial charge is 0.249 e. The van der Waals surface area contributed by atoms with E-state index in [9.17, 15) is 14.4 Å². The number of imide groups is 1. The summed E-state index contributed by atoms with van der Waals surface area (Å²) in [7, 11) is 3.71. The van der Waals surface area contributed by atoms with Crippen molar-refractivity contribution in [2.45, 2.75) is 25.8 Å². The fraction of sp³-hybridized carbons (Fsp3) is 0.400. The first-order chi connectivity index (χ1) is 10.5. The normalized spacial score (nSPS) is 11.5. The number of carbonyl (C=O) groups excluding carboxylic acids is 3. The van der Waals surface area contributed by atoms with Crippen LogP contribution in [0.2, 0.25) is 0 Å². The van der Waals surface area contributed by atoms with Crippen LogP contribution in [0.3, 0.4) is 0 Å². The maximum atomic E-state index is 12.1. The molecule has 0 aromatic heterocycles. The Labute approximate surface area is 138 Å². The Hall–Kier alpha value is -1.89. The molecule has 1 rings (SSSR count). The molecule has 1 aromatic carbocycles. The summed E-state index contributed by atoms with van der Waals surface area (Å²) in [4.78, 5) is 37.5. The summed E-state index contributed by atoms with van der Waals surface area (Å²) in [5.41, 5.74) is 1.41. The van der Waals surface area contributed by atoms with E-state index in [0.717, 1.165) is 10.2 Å². The third-order valence-electron chi connectivity index (χ3n) is 3.21. The van der Waals surface area contributed by atoms with Gasteiger partial charge >= 0.3 is 0 Å². The van der Waals surface area contributed by atoms with Crippen molar-refractivity contribution < 1.29 is 14.4 Å². The second-order valence-electron chi connectivity index (χ2n) is 4.97. The quantitative estimate of drug-likeness (QED) is 0.710. The van der Waals surface area contributed by atoms with Crippen molar-refractivity contribution >= 4 is 46.0 Å². The highest BCUT2D eigenvalue weighted by Gasteiger charge is 2.27. The fourth-order valence-electron chi connectivity index (χ4n) is 2.20. The number of carbonyl (C=O) groups is 3. The topological polar surface area (TPSA) is 69.7 Å². The van der Waals surface area contributed by atoms with Crippen molar-refractivity contribution in [2.24, 2.45) is 0 Å². The van der Waals surface area contributed by atoms with Crippen molar-refractivity contribution in [1.82, 2.24) is 5.32 Å². The van der Waals surface area contributed by atoms with Crippen LogP contribution in [0.15, 0.2) is 22.7 Å². The van der Waals surface area contributed by atoms with Crippen LogP contribution < -0.4 is 15.1 Å². The summed E-state index contributed by atoms with van der Waals surface area (Å²) in [6.45, 7) is 1.92. The molecule has 7 heteroatoms. The van der Waals surface area contributed by atoms with E-state index < -0.39 is 11.9 Å². The zero-order valence-electron chi connectivity index (χ0n) is 12.9. The lowest BCUT2D eigenvalue weighted by Crippen LogP contribution is -2.46. The molecular weight excluding hydrogens is 350 g/mol. The number of halogens is 1. The van der Waals surface area contributed by atoms with E-state index in [2.05, 4.69) is 21.2 Å². The maximum absolute atomic E-state index is 12.1. The number of benzene rings is 1. The molecule has 6 nitrogen and oxygen atoms in total. The van der Waals surface area contributed by atoms with Gasteiger partial charge in [0, 0.05) is 18.6 Å². The van der Waals surface area contributed by atoms with Gasteiger partial charge in [0.2, 0.25) is 18.7 Å². The molecule has 120 valence electrons. The number of hydrogen-bond donors (Lipinski definition) is 1. The van der Waals surface area contributed by atoms with Crippen LogP contribution in [0.1, 0.15) is 19.8 Å². The Bertz CT molecular complexity index is 549. The molecule has 0 aliphatic heterocycles. The lowest BCUT2D eigenvalue weighted by atomic mass is 10.1. The average Bonchev–Trinajstić information content (AvgIpc) is 2.48. The Morgan fingerprint density at radius 1 is 1.32 bits per heavy atom. The third kappa shape index (κ3) is 4.30. The van der Waals surface area contributed by atoms with Gasteiger partial charge in [-0.25, -0.2) is 0 Å². The van der Waals surface area contributed by atoms with Crippen molar-refractivity contribution in [1.29, 1.82) is 0 Å². The first kappa shape index (κ1) is 18.2. The van der Waals surface area contributed by atoms with E-state index >= 15 is 0 Å². The Balaban J connectivity index is 3.30. The molecule has 1 atom stereocenters. The molecule has 22 heavy (non-hydrogen) atoms. The molecule has 0 saturated carbocycles. The standard InChI is InChI=1S/C15H20BrN3O3/c1-4-5-13(15(22)17-9-20)19(10-21)12-7-6-11(16)8-14(12)18(2)3/h6-10,13H,4-5H2,1-3H3,(H,17,20,22). The van der Waals surface area contributed by atoms with E-state index in [1.807, 2.05) is 32.0 Å². The minimum atomic E-state index is -0.729. The highest BCUT2D eigenvalue weighted by atomic mass is 79.9. The lowest BCUT2D eigenvalue weighted by molar-refractivity contribution is -0.127. The summed E-state index contributed by atoms with van der Waals surface area (Å²) in [5, 5.41) is 2.13. The van der Waals surface area contributed by atoms with E-state index in [1.165, 1.54) is 4.90 Å². The number of rotatable bonds is 8. The molecule has 0 aliphatic rings. The summed E-state index contributed by atoms with van der Waals surface area (Å²) in [6.07, 6.45) is 2.12. The minimum Gasteiger partial charge on any atom is -0.376 e. The average molecular weight is 370 g/mol. The van der Waals surface area contributed by atoms with Crippen LogP contribution in [0, 0.1) is 0 Å². The van der Waals surface area contributed by atoms with Gasteiger partial charge in [-0.15, -0.1) is 0 Å². The zero-order chi connectivity index (χ0) is 16.7. The molecule has 0 aliphatic carbocycles. The molecule has 0 fully saturated rings. The number of anilines is 2. The highest BCUT2D eigenvalue weighted by Crippen LogP contribution is 2.32. The molecule has 1 N–H and O–H groups in total. The first-order valence-corrected chi connectivity index (χ1v) is 7.70. The zero-order valence-corrected chi connectivity index (χ0v) is 14.5. The van der Waals surface area contributed by atoms with E-state index in [-0.39, 0.29) is 0 Å². The highest BCUT2D eigenvalue weighted by molar-refractivity contribution is 9.10. The summed E-state index contributed by atoms with van der Waals surface area (Å²) < 4.78 is 0.871. The largest absolute Gasteiger partial charge is 0.376 e. The molecule has 0 radical (unpaired) electrons. The molecular formula is C15H20BrN3O3. The Morgan fingerprint density at radius 3 is 2.50 bits per heavy atom. The van der Waals surface area contributed by atoms with Crippen LogP contribution in [0.25, 0.3) is 0 Å².